The summed E-state index contributed by atoms with van der Waals surface area (Å²) < 4.78 is 11.8. The third-order valence-electron chi connectivity index (χ3n) is 3.60. The van der Waals surface area contributed by atoms with Gasteiger partial charge in [-0.25, -0.2) is 0 Å². The first-order valence-electron chi connectivity index (χ1n) is 7.07. The monoisotopic (exact) mass is 347 g/mol. The number of fused-ring (bicyclic) bond motifs is 1. The summed E-state index contributed by atoms with van der Waals surface area (Å²) >= 11 is 3.49. The molecule has 0 saturated carbocycles. The van der Waals surface area contributed by atoms with E-state index in [2.05, 4.69) is 45.5 Å². The molecule has 4 heteroatoms. The van der Waals surface area contributed by atoms with E-state index in [1.807, 2.05) is 12.1 Å². The lowest BCUT2D eigenvalue weighted by molar-refractivity contribution is 0.357. The molecule has 1 heterocycles. The largest absolute Gasteiger partial charge is 0.497 e. The molecule has 0 radical (unpaired) electrons. The van der Waals surface area contributed by atoms with Crippen LogP contribution in [0.15, 0.2) is 40.9 Å². The molecular weight excluding hydrogens is 330 g/mol. The number of halogens is 1. The summed E-state index contributed by atoms with van der Waals surface area (Å²) in [5.74, 6) is 1.89. The van der Waals surface area contributed by atoms with Crippen molar-refractivity contribution in [3.8, 4) is 11.5 Å². The molecule has 1 aliphatic heterocycles. The van der Waals surface area contributed by atoms with Crippen molar-refractivity contribution in [2.45, 2.75) is 12.8 Å². The Morgan fingerprint density at radius 1 is 1.24 bits per heavy atom. The van der Waals surface area contributed by atoms with Crippen molar-refractivity contribution in [3.05, 3.63) is 52.0 Å². The number of rotatable bonds is 5. The van der Waals surface area contributed by atoms with Gasteiger partial charge in [-0.15, -0.1) is 0 Å². The Balaban J connectivity index is 1.60. The van der Waals surface area contributed by atoms with Gasteiger partial charge in [0, 0.05) is 29.2 Å². The third kappa shape index (κ3) is 3.50. The Kier molecular flexibility index (Phi) is 4.34. The zero-order valence-corrected chi connectivity index (χ0v) is 13.6. The van der Waals surface area contributed by atoms with Gasteiger partial charge in [-0.3, -0.25) is 0 Å². The fourth-order valence-corrected chi connectivity index (χ4v) is 3.00. The molecule has 0 unspecified atom stereocenters. The molecule has 1 aliphatic rings. The summed E-state index contributed by atoms with van der Waals surface area (Å²) in [7, 11) is 1.68. The molecule has 0 aliphatic carbocycles. The molecule has 0 fully saturated rings. The number of ether oxygens (including phenoxy) is 2. The van der Waals surface area contributed by atoms with Crippen LogP contribution in [0, 0.1) is 0 Å². The molecule has 3 nitrogen and oxygen atoms in total. The van der Waals surface area contributed by atoms with Gasteiger partial charge in [0.05, 0.1) is 13.7 Å². The maximum atomic E-state index is 5.53. The minimum atomic E-state index is 0.814. The first-order chi connectivity index (χ1) is 10.2. The van der Waals surface area contributed by atoms with Crippen LogP contribution < -0.4 is 14.8 Å². The SMILES string of the molecule is COc1cc(Br)cc(NCCc2ccc3c(c2)CCO3)c1. The molecule has 0 amide bonds. The molecule has 0 spiro atoms. The van der Waals surface area contributed by atoms with Gasteiger partial charge in [-0.1, -0.05) is 28.1 Å². The Bertz CT molecular complexity index is 643. The van der Waals surface area contributed by atoms with Crippen LogP contribution in [-0.2, 0) is 12.8 Å². The van der Waals surface area contributed by atoms with E-state index in [1.165, 1.54) is 11.1 Å². The van der Waals surface area contributed by atoms with Crippen molar-refractivity contribution >= 4 is 21.6 Å². The fourth-order valence-electron chi connectivity index (χ4n) is 2.53. The maximum absolute atomic E-state index is 5.53. The van der Waals surface area contributed by atoms with Gasteiger partial charge in [-0.05, 0) is 35.7 Å². The summed E-state index contributed by atoms with van der Waals surface area (Å²) in [5.41, 5.74) is 3.73. The van der Waals surface area contributed by atoms with Crippen LogP contribution in [0.25, 0.3) is 0 Å². The number of hydrogen-bond donors (Lipinski definition) is 1. The standard InChI is InChI=1S/C17H18BrNO2/c1-20-16-10-14(18)9-15(11-16)19-6-4-12-2-3-17-13(8-12)5-7-21-17/h2-3,8-11,19H,4-7H2,1H3. The van der Waals surface area contributed by atoms with Crippen molar-refractivity contribution in [1.29, 1.82) is 0 Å². The highest BCUT2D eigenvalue weighted by molar-refractivity contribution is 9.10. The van der Waals surface area contributed by atoms with E-state index in [-0.39, 0.29) is 0 Å². The fraction of sp³-hybridized carbons (Fsp3) is 0.294. The van der Waals surface area contributed by atoms with Gasteiger partial charge in [0.25, 0.3) is 0 Å². The van der Waals surface area contributed by atoms with Crippen molar-refractivity contribution in [1.82, 2.24) is 0 Å². The number of benzene rings is 2. The number of hydrogen-bond acceptors (Lipinski definition) is 3. The first-order valence-corrected chi connectivity index (χ1v) is 7.87. The Morgan fingerprint density at radius 3 is 3.00 bits per heavy atom. The highest BCUT2D eigenvalue weighted by Crippen LogP contribution is 2.27. The Hall–Kier alpha value is -1.68. The second kappa shape index (κ2) is 6.39. The second-order valence-corrected chi connectivity index (χ2v) is 6.01. The lowest BCUT2D eigenvalue weighted by Crippen LogP contribution is -2.05. The molecule has 0 bridgehead atoms. The molecular formula is C17H18BrNO2. The summed E-state index contributed by atoms with van der Waals surface area (Å²) in [6.07, 6.45) is 2.02. The van der Waals surface area contributed by atoms with Gasteiger partial charge < -0.3 is 14.8 Å². The topological polar surface area (TPSA) is 30.5 Å². The average molecular weight is 348 g/mol. The van der Waals surface area contributed by atoms with E-state index in [4.69, 9.17) is 9.47 Å². The molecule has 21 heavy (non-hydrogen) atoms. The van der Waals surface area contributed by atoms with Crippen molar-refractivity contribution < 1.29 is 9.47 Å². The highest BCUT2D eigenvalue weighted by atomic mass is 79.9. The number of methoxy groups -OCH3 is 1. The van der Waals surface area contributed by atoms with Crippen LogP contribution in [0.1, 0.15) is 11.1 Å². The number of nitrogens with one attached hydrogen (secondary N) is 1. The Labute approximate surface area is 133 Å². The third-order valence-corrected chi connectivity index (χ3v) is 4.06. The molecule has 2 aromatic carbocycles. The predicted octanol–water partition coefficient (Wildman–Crippen LogP) is 4.05. The van der Waals surface area contributed by atoms with Gasteiger partial charge in [0.2, 0.25) is 0 Å². The van der Waals surface area contributed by atoms with Gasteiger partial charge in [0.15, 0.2) is 0 Å². The van der Waals surface area contributed by atoms with Crippen molar-refractivity contribution in [2.24, 2.45) is 0 Å². The Morgan fingerprint density at radius 2 is 2.14 bits per heavy atom. The van der Waals surface area contributed by atoms with Crippen LogP contribution in [-0.4, -0.2) is 20.3 Å². The van der Waals surface area contributed by atoms with E-state index in [9.17, 15) is 0 Å². The molecule has 1 N–H and O–H groups in total. The smallest absolute Gasteiger partial charge is 0.122 e. The minimum absolute atomic E-state index is 0.814. The zero-order valence-electron chi connectivity index (χ0n) is 12.0. The lowest BCUT2D eigenvalue weighted by Gasteiger charge is -2.10. The molecule has 0 saturated heterocycles. The van der Waals surface area contributed by atoms with E-state index >= 15 is 0 Å². The quantitative estimate of drug-likeness (QED) is 0.884. The van der Waals surface area contributed by atoms with Crippen molar-refractivity contribution in [3.63, 3.8) is 0 Å². The van der Waals surface area contributed by atoms with Gasteiger partial charge in [-0.2, -0.15) is 0 Å². The van der Waals surface area contributed by atoms with Crippen LogP contribution in [0.4, 0.5) is 5.69 Å². The highest BCUT2D eigenvalue weighted by Gasteiger charge is 2.11. The molecule has 0 atom stereocenters. The van der Waals surface area contributed by atoms with E-state index in [1.54, 1.807) is 7.11 Å². The lowest BCUT2D eigenvalue weighted by atomic mass is 10.1. The van der Waals surface area contributed by atoms with Crippen LogP contribution in [0.5, 0.6) is 11.5 Å². The van der Waals surface area contributed by atoms with Crippen LogP contribution in [0.2, 0.25) is 0 Å². The summed E-state index contributed by atoms with van der Waals surface area (Å²) in [6.45, 7) is 1.70. The van der Waals surface area contributed by atoms with Crippen molar-refractivity contribution in [2.75, 3.05) is 25.6 Å². The molecule has 2 aromatic rings. The first kappa shape index (κ1) is 14.3. The second-order valence-electron chi connectivity index (χ2n) is 5.10. The summed E-state index contributed by atoms with van der Waals surface area (Å²) in [6, 6.07) is 12.5. The molecule has 110 valence electrons. The molecule has 3 rings (SSSR count). The normalized spacial score (nSPS) is 12.7. The molecule has 0 aromatic heterocycles. The van der Waals surface area contributed by atoms with E-state index in [0.717, 1.165) is 47.7 Å². The minimum Gasteiger partial charge on any atom is -0.497 e. The van der Waals surface area contributed by atoms with Gasteiger partial charge in [0.1, 0.15) is 11.5 Å². The number of anilines is 1. The average Bonchev–Trinajstić information content (AvgIpc) is 2.94. The maximum Gasteiger partial charge on any atom is 0.122 e. The summed E-state index contributed by atoms with van der Waals surface area (Å²) in [4.78, 5) is 0. The van der Waals surface area contributed by atoms with Gasteiger partial charge >= 0.3 is 0 Å². The van der Waals surface area contributed by atoms with E-state index < -0.39 is 0 Å². The zero-order chi connectivity index (χ0) is 14.7. The predicted molar refractivity (Wildman–Crippen MR) is 88.5 cm³/mol. The van der Waals surface area contributed by atoms with Crippen LogP contribution >= 0.6 is 15.9 Å². The summed E-state index contributed by atoms with van der Waals surface area (Å²) in [5, 5.41) is 3.44. The van der Waals surface area contributed by atoms with E-state index in [0.29, 0.717) is 0 Å². The van der Waals surface area contributed by atoms with Crippen LogP contribution in [0.3, 0.4) is 0 Å².